The van der Waals surface area contributed by atoms with Crippen molar-refractivity contribution in [2.45, 2.75) is 32.2 Å². The average molecular weight is 252 g/mol. The fourth-order valence-corrected chi connectivity index (χ4v) is 1.89. The van der Waals surface area contributed by atoms with Gasteiger partial charge >= 0.3 is 0 Å². The number of hydrogen-bond donors (Lipinski definition) is 2. The minimum Gasteiger partial charge on any atom is -0.391 e. The lowest BCUT2D eigenvalue weighted by Gasteiger charge is -2.31. The van der Waals surface area contributed by atoms with Crippen LogP contribution in [0.25, 0.3) is 0 Å². The lowest BCUT2D eigenvalue weighted by molar-refractivity contribution is 0.0919. The van der Waals surface area contributed by atoms with Crippen LogP contribution in [-0.2, 0) is 0 Å². The number of hydrogen-bond acceptors (Lipinski definition) is 4. The molecule has 5 nitrogen and oxygen atoms in total. The Labute approximate surface area is 106 Å². The highest BCUT2D eigenvalue weighted by Gasteiger charge is 2.31. The highest BCUT2D eigenvalue weighted by molar-refractivity contribution is 7.80. The maximum atomic E-state index is 12.0. The highest BCUT2D eigenvalue weighted by Crippen LogP contribution is 2.16. The van der Waals surface area contributed by atoms with Crippen molar-refractivity contribution in [3.63, 3.8) is 0 Å². The maximum Gasteiger partial charge on any atom is 0.253 e. The summed E-state index contributed by atoms with van der Waals surface area (Å²) in [5.41, 5.74) is 5.53. The van der Waals surface area contributed by atoms with Crippen molar-refractivity contribution in [1.29, 1.82) is 0 Å². The molecule has 0 bridgehead atoms. The second-order valence-corrected chi connectivity index (χ2v) is 4.18. The first-order valence-electron chi connectivity index (χ1n) is 5.45. The summed E-state index contributed by atoms with van der Waals surface area (Å²) in [4.78, 5) is 12.3. The number of rotatable bonds is 5. The maximum absolute atomic E-state index is 12.0. The number of nitrogens with one attached hydrogen (secondary N) is 1. The normalized spacial score (nSPS) is 10.9. The number of nitrogens with zero attached hydrogens (tertiary/aromatic N) is 2. The summed E-state index contributed by atoms with van der Waals surface area (Å²) < 4.78 is 0. The van der Waals surface area contributed by atoms with E-state index in [1.807, 2.05) is 13.8 Å². The largest absolute Gasteiger partial charge is 0.391 e. The van der Waals surface area contributed by atoms with E-state index in [1.54, 1.807) is 6.07 Å². The molecule has 0 aliphatic rings. The van der Waals surface area contributed by atoms with Crippen LogP contribution in [0.15, 0.2) is 18.5 Å². The standard InChI is InChI=1S/C11H16N4OS/c1-3-11(4-2,10(12)17)15-9(16)8-5-6-13-14-7-8/h5-7H,3-4H2,1-2H3,(H2,12,17)(H,15,16). The Bertz CT molecular complexity index is 403. The fraction of sp³-hybridized carbons (Fsp3) is 0.455. The molecule has 0 aliphatic carbocycles. The second-order valence-electron chi connectivity index (χ2n) is 3.74. The average Bonchev–Trinajstić information content (AvgIpc) is 2.36. The first-order valence-corrected chi connectivity index (χ1v) is 5.85. The van der Waals surface area contributed by atoms with E-state index in [-0.39, 0.29) is 5.91 Å². The Hall–Kier alpha value is -1.56. The number of aromatic nitrogens is 2. The SMILES string of the molecule is CCC(CC)(NC(=O)c1ccnnc1)C(N)=S. The number of carbonyl (C=O) groups is 1. The quantitative estimate of drug-likeness (QED) is 0.766. The summed E-state index contributed by atoms with van der Waals surface area (Å²) in [6, 6.07) is 1.60. The summed E-state index contributed by atoms with van der Waals surface area (Å²) in [6.45, 7) is 3.88. The molecule has 0 unspecified atom stereocenters. The molecule has 0 saturated heterocycles. The molecule has 0 saturated carbocycles. The Morgan fingerprint density at radius 1 is 1.47 bits per heavy atom. The highest BCUT2D eigenvalue weighted by atomic mass is 32.1. The number of amides is 1. The third kappa shape index (κ3) is 2.97. The molecule has 1 rings (SSSR count). The molecule has 0 fully saturated rings. The van der Waals surface area contributed by atoms with Crippen molar-refractivity contribution >= 4 is 23.1 Å². The van der Waals surface area contributed by atoms with E-state index in [9.17, 15) is 4.79 Å². The van der Waals surface area contributed by atoms with Crippen LogP contribution in [0, 0.1) is 0 Å². The molecule has 3 N–H and O–H groups in total. The summed E-state index contributed by atoms with van der Waals surface area (Å²) in [6.07, 6.45) is 4.19. The fourth-order valence-electron chi connectivity index (χ4n) is 1.55. The van der Waals surface area contributed by atoms with Gasteiger partial charge in [-0.2, -0.15) is 10.2 Å². The number of nitrogens with two attached hydrogens (primary N) is 1. The molecular formula is C11H16N4OS. The zero-order chi connectivity index (χ0) is 12.9. The Morgan fingerprint density at radius 3 is 2.53 bits per heavy atom. The van der Waals surface area contributed by atoms with Crippen LogP contribution in [0.5, 0.6) is 0 Å². The second kappa shape index (κ2) is 5.67. The van der Waals surface area contributed by atoms with Gasteiger partial charge < -0.3 is 11.1 Å². The third-order valence-corrected chi connectivity index (χ3v) is 3.27. The molecule has 0 spiro atoms. The van der Waals surface area contributed by atoms with Gasteiger partial charge in [0, 0.05) is 0 Å². The van der Waals surface area contributed by atoms with Gasteiger partial charge in [0.2, 0.25) is 0 Å². The predicted molar refractivity (Wildman–Crippen MR) is 69.6 cm³/mol. The Balaban J connectivity index is 2.89. The lowest BCUT2D eigenvalue weighted by Crippen LogP contribution is -2.56. The topological polar surface area (TPSA) is 80.9 Å². The van der Waals surface area contributed by atoms with Gasteiger partial charge in [0.05, 0.1) is 28.5 Å². The smallest absolute Gasteiger partial charge is 0.253 e. The van der Waals surface area contributed by atoms with E-state index >= 15 is 0 Å². The van der Waals surface area contributed by atoms with E-state index in [0.717, 1.165) is 0 Å². The minimum absolute atomic E-state index is 0.239. The molecule has 1 aromatic rings. The molecule has 1 heterocycles. The molecule has 0 atom stereocenters. The predicted octanol–water partition coefficient (Wildman–Crippen LogP) is 1.05. The summed E-state index contributed by atoms with van der Waals surface area (Å²) in [5.74, 6) is -0.239. The van der Waals surface area contributed by atoms with Crippen molar-refractivity contribution in [2.75, 3.05) is 0 Å². The van der Waals surface area contributed by atoms with Gasteiger partial charge in [-0.3, -0.25) is 4.79 Å². The minimum atomic E-state index is -0.629. The van der Waals surface area contributed by atoms with Crippen LogP contribution < -0.4 is 11.1 Å². The molecule has 0 radical (unpaired) electrons. The van der Waals surface area contributed by atoms with E-state index < -0.39 is 5.54 Å². The van der Waals surface area contributed by atoms with Gasteiger partial charge in [-0.1, -0.05) is 26.1 Å². The summed E-state index contributed by atoms with van der Waals surface area (Å²) in [7, 11) is 0. The van der Waals surface area contributed by atoms with Crippen molar-refractivity contribution in [3.05, 3.63) is 24.0 Å². The van der Waals surface area contributed by atoms with E-state index in [2.05, 4.69) is 15.5 Å². The molecule has 0 aliphatic heterocycles. The molecule has 6 heteroatoms. The van der Waals surface area contributed by atoms with Crippen molar-refractivity contribution in [1.82, 2.24) is 15.5 Å². The van der Waals surface area contributed by atoms with Crippen LogP contribution in [0.1, 0.15) is 37.0 Å². The van der Waals surface area contributed by atoms with E-state index in [1.165, 1.54) is 12.4 Å². The van der Waals surface area contributed by atoms with Gasteiger partial charge in [0.1, 0.15) is 0 Å². The Kier molecular flexibility index (Phi) is 4.51. The summed E-state index contributed by atoms with van der Waals surface area (Å²) in [5, 5.41) is 10.1. The first-order chi connectivity index (χ1) is 8.05. The summed E-state index contributed by atoms with van der Waals surface area (Å²) >= 11 is 5.03. The van der Waals surface area contributed by atoms with Crippen LogP contribution in [0.4, 0.5) is 0 Å². The monoisotopic (exact) mass is 252 g/mol. The third-order valence-electron chi connectivity index (χ3n) is 2.88. The lowest BCUT2D eigenvalue weighted by atomic mass is 9.92. The molecular weight excluding hydrogens is 236 g/mol. The van der Waals surface area contributed by atoms with Crippen molar-refractivity contribution in [2.24, 2.45) is 5.73 Å². The number of carbonyl (C=O) groups excluding carboxylic acids is 1. The van der Waals surface area contributed by atoms with Crippen LogP contribution in [0.3, 0.4) is 0 Å². The van der Waals surface area contributed by atoms with Crippen molar-refractivity contribution in [3.8, 4) is 0 Å². The Morgan fingerprint density at radius 2 is 2.12 bits per heavy atom. The van der Waals surface area contributed by atoms with Crippen LogP contribution in [-0.4, -0.2) is 26.6 Å². The van der Waals surface area contributed by atoms with Crippen LogP contribution in [0.2, 0.25) is 0 Å². The van der Waals surface area contributed by atoms with E-state index in [0.29, 0.717) is 23.4 Å². The zero-order valence-corrected chi connectivity index (χ0v) is 10.8. The van der Waals surface area contributed by atoms with Gasteiger partial charge in [-0.05, 0) is 18.9 Å². The molecule has 1 aromatic heterocycles. The van der Waals surface area contributed by atoms with Gasteiger partial charge in [-0.25, -0.2) is 0 Å². The van der Waals surface area contributed by atoms with Gasteiger partial charge in [0.25, 0.3) is 5.91 Å². The zero-order valence-electron chi connectivity index (χ0n) is 9.93. The van der Waals surface area contributed by atoms with E-state index in [4.69, 9.17) is 18.0 Å². The van der Waals surface area contributed by atoms with Crippen molar-refractivity contribution < 1.29 is 4.79 Å². The molecule has 1 amide bonds. The van der Waals surface area contributed by atoms with Gasteiger partial charge in [-0.15, -0.1) is 0 Å². The van der Waals surface area contributed by atoms with Crippen LogP contribution >= 0.6 is 12.2 Å². The molecule has 92 valence electrons. The molecule has 0 aromatic carbocycles. The first kappa shape index (κ1) is 13.5. The number of thiocarbonyl (C=S) groups is 1. The van der Waals surface area contributed by atoms with Gasteiger partial charge in [0.15, 0.2) is 0 Å². The molecule has 17 heavy (non-hydrogen) atoms.